The van der Waals surface area contributed by atoms with Crippen molar-refractivity contribution in [1.29, 1.82) is 0 Å². The Hall–Kier alpha value is -1.48. The van der Waals surface area contributed by atoms with E-state index in [0.717, 1.165) is 10.9 Å². The fourth-order valence-electron chi connectivity index (χ4n) is 2.58. The van der Waals surface area contributed by atoms with Crippen LogP contribution >= 0.6 is 0 Å². The van der Waals surface area contributed by atoms with Crippen molar-refractivity contribution < 1.29 is 9.50 Å². The molecule has 2 aromatic rings. The molecule has 2 rings (SSSR count). The highest BCUT2D eigenvalue weighted by molar-refractivity contribution is 5.84. The first kappa shape index (κ1) is 15.9. The van der Waals surface area contributed by atoms with Crippen LogP contribution in [0.5, 0.6) is 0 Å². The molecule has 0 saturated carbocycles. The molecule has 0 amide bonds. The van der Waals surface area contributed by atoms with Crippen molar-refractivity contribution >= 4 is 10.9 Å². The summed E-state index contributed by atoms with van der Waals surface area (Å²) in [5.74, 6) is 0.00418. The van der Waals surface area contributed by atoms with Gasteiger partial charge in [0.05, 0.1) is 11.2 Å². The van der Waals surface area contributed by atoms with Gasteiger partial charge in [0.25, 0.3) is 0 Å². The average Bonchev–Trinajstić information content (AvgIpc) is 2.35. The van der Waals surface area contributed by atoms with E-state index in [1.54, 1.807) is 13.8 Å². The molecule has 2 nitrogen and oxygen atoms in total. The molecule has 0 radical (unpaired) electrons. The summed E-state index contributed by atoms with van der Waals surface area (Å²) in [7, 11) is 0. The Balaban J connectivity index is 2.85. The predicted octanol–water partition coefficient (Wildman–Crippen LogP) is 4.85. The molecule has 0 aliphatic carbocycles. The topological polar surface area (TPSA) is 33.1 Å². The van der Waals surface area contributed by atoms with Gasteiger partial charge in [-0.15, -0.1) is 0 Å². The van der Waals surface area contributed by atoms with Gasteiger partial charge in [-0.25, -0.2) is 9.37 Å². The summed E-state index contributed by atoms with van der Waals surface area (Å²) >= 11 is 0. The van der Waals surface area contributed by atoms with Gasteiger partial charge >= 0.3 is 0 Å². The Morgan fingerprint density at radius 2 is 1.71 bits per heavy atom. The third-order valence-corrected chi connectivity index (χ3v) is 3.81. The number of pyridine rings is 1. The second-order valence-corrected chi connectivity index (χ2v) is 6.83. The van der Waals surface area contributed by atoms with Gasteiger partial charge in [-0.1, -0.05) is 33.8 Å². The normalized spacial score (nSPS) is 12.7. The maximum atomic E-state index is 14.8. The van der Waals surface area contributed by atoms with Crippen LogP contribution < -0.4 is 0 Å². The molecular formula is C18H24FNO. The second-order valence-electron chi connectivity index (χ2n) is 6.83. The van der Waals surface area contributed by atoms with Gasteiger partial charge in [0, 0.05) is 10.9 Å². The maximum absolute atomic E-state index is 14.8. The largest absolute Gasteiger partial charge is 0.384 e. The summed E-state index contributed by atoms with van der Waals surface area (Å²) in [6.07, 6.45) is 0. The monoisotopic (exact) mass is 289 g/mol. The maximum Gasteiger partial charge on any atom is 0.132 e. The molecule has 0 atom stereocenters. The Morgan fingerprint density at radius 3 is 2.19 bits per heavy atom. The molecule has 1 aromatic heterocycles. The van der Waals surface area contributed by atoms with Crippen molar-refractivity contribution in [2.75, 3.05) is 0 Å². The SMILES string of the molecule is CC(C)c1cc2ccc(C(C)(C)O)nc2c(C(C)C)c1F. The second kappa shape index (κ2) is 5.38. The molecule has 0 aliphatic rings. The van der Waals surface area contributed by atoms with Crippen LogP contribution in [0.2, 0.25) is 0 Å². The third-order valence-electron chi connectivity index (χ3n) is 3.81. The summed E-state index contributed by atoms with van der Waals surface area (Å²) in [6.45, 7) is 11.3. The van der Waals surface area contributed by atoms with Gasteiger partial charge < -0.3 is 5.11 Å². The molecule has 114 valence electrons. The summed E-state index contributed by atoms with van der Waals surface area (Å²) in [6, 6.07) is 5.61. The first-order valence-corrected chi connectivity index (χ1v) is 7.48. The van der Waals surface area contributed by atoms with E-state index >= 15 is 0 Å². The van der Waals surface area contributed by atoms with Crippen molar-refractivity contribution in [3.63, 3.8) is 0 Å². The van der Waals surface area contributed by atoms with Crippen LogP contribution in [0.1, 0.15) is 70.2 Å². The molecule has 0 bridgehead atoms. The number of halogens is 1. The predicted molar refractivity (Wildman–Crippen MR) is 85.1 cm³/mol. The minimum atomic E-state index is -1.03. The zero-order chi connectivity index (χ0) is 15.9. The van der Waals surface area contributed by atoms with E-state index in [0.29, 0.717) is 16.8 Å². The number of aliphatic hydroxyl groups is 1. The number of rotatable bonds is 3. The lowest BCUT2D eigenvalue weighted by Crippen LogP contribution is -2.18. The van der Waals surface area contributed by atoms with Crippen LogP contribution in [0.3, 0.4) is 0 Å². The number of hydrogen-bond acceptors (Lipinski definition) is 2. The van der Waals surface area contributed by atoms with E-state index in [4.69, 9.17) is 0 Å². The fraction of sp³-hybridized carbons (Fsp3) is 0.500. The highest BCUT2D eigenvalue weighted by Crippen LogP contribution is 2.33. The number of fused-ring (bicyclic) bond motifs is 1. The summed E-state index contributed by atoms with van der Waals surface area (Å²) < 4.78 is 14.8. The first-order valence-electron chi connectivity index (χ1n) is 7.48. The highest BCUT2D eigenvalue weighted by Gasteiger charge is 2.22. The molecule has 0 fully saturated rings. The summed E-state index contributed by atoms with van der Waals surface area (Å²) in [5, 5.41) is 11.1. The van der Waals surface area contributed by atoms with E-state index in [1.165, 1.54) is 0 Å². The average molecular weight is 289 g/mol. The van der Waals surface area contributed by atoms with Crippen molar-refractivity contribution in [3.8, 4) is 0 Å². The molecule has 0 unspecified atom stereocenters. The highest BCUT2D eigenvalue weighted by atomic mass is 19.1. The molecule has 21 heavy (non-hydrogen) atoms. The van der Waals surface area contributed by atoms with Gasteiger partial charge in [-0.3, -0.25) is 0 Å². The van der Waals surface area contributed by atoms with Gasteiger partial charge in [-0.2, -0.15) is 0 Å². The van der Waals surface area contributed by atoms with Gasteiger partial charge in [-0.05, 0) is 43.4 Å². The fourth-order valence-corrected chi connectivity index (χ4v) is 2.58. The minimum Gasteiger partial charge on any atom is -0.384 e. The van der Waals surface area contributed by atoms with Crippen LogP contribution in [-0.4, -0.2) is 10.1 Å². The zero-order valence-corrected chi connectivity index (χ0v) is 13.7. The number of aromatic nitrogens is 1. The Morgan fingerprint density at radius 1 is 1.10 bits per heavy atom. The van der Waals surface area contributed by atoms with Crippen molar-refractivity contribution in [3.05, 3.63) is 40.8 Å². The molecule has 1 heterocycles. The van der Waals surface area contributed by atoms with Crippen molar-refractivity contribution in [1.82, 2.24) is 4.98 Å². The Kier molecular flexibility index (Phi) is 4.07. The number of benzene rings is 1. The molecule has 1 N–H and O–H groups in total. The van der Waals surface area contributed by atoms with Gasteiger partial charge in [0.1, 0.15) is 11.4 Å². The lowest BCUT2D eigenvalue weighted by Gasteiger charge is -2.20. The molecular weight excluding hydrogens is 265 g/mol. The van der Waals surface area contributed by atoms with Crippen LogP contribution in [0, 0.1) is 5.82 Å². The van der Waals surface area contributed by atoms with Crippen LogP contribution in [0.25, 0.3) is 10.9 Å². The number of hydrogen-bond donors (Lipinski definition) is 1. The smallest absolute Gasteiger partial charge is 0.132 e. The molecule has 1 aromatic carbocycles. The zero-order valence-electron chi connectivity index (χ0n) is 13.7. The van der Waals surface area contributed by atoms with Crippen LogP contribution in [0.15, 0.2) is 18.2 Å². The lowest BCUT2D eigenvalue weighted by atomic mass is 9.91. The summed E-state index contributed by atoms with van der Waals surface area (Å²) in [5.41, 5.74) is 1.56. The molecule has 0 aliphatic heterocycles. The van der Waals surface area contributed by atoms with Gasteiger partial charge in [0.2, 0.25) is 0 Å². The quantitative estimate of drug-likeness (QED) is 0.876. The lowest BCUT2D eigenvalue weighted by molar-refractivity contribution is 0.0742. The standard InChI is InChI=1S/C18H24FNO/c1-10(2)13-9-12-7-8-14(18(5,6)21)20-17(12)15(11(3)4)16(13)19/h7-11,21H,1-6H3. The van der Waals surface area contributed by atoms with Gasteiger partial charge in [0.15, 0.2) is 0 Å². The molecule has 3 heteroatoms. The third kappa shape index (κ3) is 2.93. The van der Waals surface area contributed by atoms with E-state index < -0.39 is 5.60 Å². The molecule has 0 saturated heterocycles. The van der Waals surface area contributed by atoms with E-state index in [9.17, 15) is 9.50 Å². The number of nitrogens with zero attached hydrogens (tertiary/aromatic N) is 1. The van der Waals surface area contributed by atoms with E-state index in [-0.39, 0.29) is 17.7 Å². The van der Waals surface area contributed by atoms with Crippen LogP contribution in [-0.2, 0) is 5.60 Å². The molecule has 0 spiro atoms. The van der Waals surface area contributed by atoms with E-state index in [2.05, 4.69) is 4.98 Å². The summed E-state index contributed by atoms with van der Waals surface area (Å²) in [4.78, 5) is 4.54. The van der Waals surface area contributed by atoms with Crippen LogP contribution in [0.4, 0.5) is 4.39 Å². The van der Waals surface area contributed by atoms with E-state index in [1.807, 2.05) is 45.9 Å². The first-order chi connectivity index (χ1) is 9.62. The Labute approximate surface area is 126 Å². The van der Waals surface area contributed by atoms with Crippen molar-refractivity contribution in [2.24, 2.45) is 0 Å². The Bertz CT molecular complexity index is 669. The van der Waals surface area contributed by atoms with Crippen molar-refractivity contribution in [2.45, 2.75) is 59.0 Å². The minimum absolute atomic E-state index is 0.0377.